The number of hydrogen-bond acceptors (Lipinski definition) is 4. The molecule has 1 aromatic carbocycles. The highest BCUT2D eigenvalue weighted by Gasteiger charge is 2.11. The Morgan fingerprint density at radius 3 is 2.85 bits per heavy atom. The van der Waals surface area contributed by atoms with Gasteiger partial charge in [0.1, 0.15) is 17.9 Å². The van der Waals surface area contributed by atoms with Crippen molar-refractivity contribution < 1.29 is 9.15 Å². The molecule has 3 rings (SSSR count). The van der Waals surface area contributed by atoms with Crippen LogP contribution in [0.2, 0.25) is 0 Å². The molecule has 0 amide bonds. The minimum absolute atomic E-state index is 0.316. The molecule has 1 fully saturated rings. The van der Waals surface area contributed by atoms with E-state index in [4.69, 9.17) is 9.15 Å². The number of ether oxygens (including phenoxy) is 1. The van der Waals surface area contributed by atoms with Crippen molar-refractivity contribution in [2.45, 2.75) is 19.8 Å². The van der Waals surface area contributed by atoms with Crippen LogP contribution in [0.1, 0.15) is 18.4 Å². The van der Waals surface area contributed by atoms with Crippen LogP contribution in [0, 0.1) is 6.92 Å². The van der Waals surface area contributed by atoms with E-state index in [9.17, 15) is 4.79 Å². The summed E-state index contributed by atoms with van der Waals surface area (Å²) in [7, 11) is 0. The number of aryl methyl sites for hydroxylation is 1. The van der Waals surface area contributed by atoms with Crippen molar-refractivity contribution in [3.63, 3.8) is 0 Å². The summed E-state index contributed by atoms with van der Waals surface area (Å²) in [4.78, 5) is 13.8. The average molecular weight is 273 g/mol. The van der Waals surface area contributed by atoms with Crippen LogP contribution in [0.3, 0.4) is 0 Å². The van der Waals surface area contributed by atoms with Crippen molar-refractivity contribution in [1.29, 1.82) is 0 Å². The first kappa shape index (κ1) is 13.2. The van der Waals surface area contributed by atoms with Gasteiger partial charge >= 0.3 is 5.63 Å². The van der Waals surface area contributed by atoms with Crippen LogP contribution in [0.4, 0.5) is 0 Å². The second-order valence-electron chi connectivity index (χ2n) is 5.30. The smallest absolute Gasteiger partial charge is 0.336 e. The van der Waals surface area contributed by atoms with E-state index in [1.165, 1.54) is 32.0 Å². The quantitative estimate of drug-likeness (QED) is 0.803. The predicted octanol–water partition coefficient (Wildman–Crippen LogP) is 2.58. The Kier molecular flexibility index (Phi) is 3.74. The van der Waals surface area contributed by atoms with Gasteiger partial charge in [-0.1, -0.05) is 0 Å². The molecule has 0 aliphatic carbocycles. The zero-order valence-corrected chi connectivity index (χ0v) is 11.7. The van der Waals surface area contributed by atoms with Crippen molar-refractivity contribution in [3.8, 4) is 5.75 Å². The monoisotopic (exact) mass is 273 g/mol. The minimum Gasteiger partial charge on any atom is -0.492 e. The molecule has 0 N–H and O–H groups in total. The maximum Gasteiger partial charge on any atom is 0.336 e. The second-order valence-corrected chi connectivity index (χ2v) is 5.30. The normalized spacial score (nSPS) is 15.8. The van der Waals surface area contributed by atoms with E-state index in [-0.39, 0.29) is 5.63 Å². The average Bonchev–Trinajstić information content (AvgIpc) is 2.91. The Bertz CT molecular complexity index is 656. The van der Waals surface area contributed by atoms with Gasteiger partial charge in [-0.05, 0) is 50.6 Å². The molecule has 106 valence electrons. The van der Waals surface area contributed by atoms with Crippen LogP contribution >= 0.6 is 0 Å². The summed E-state index contributed by atoms with van der Waals surface area (Å²) >= 11 is 0. The Balaban J connectivity index is 1.70. The van der Waals surface area contributed by atoms with Gasteiger partial charge in [-0.3, -0.25) is 4.90 Å². The molecule has 1 aromatic heterocycles. The lowest BCUT2D eigenvalue weighted by atomic mass is 10.1. The second kappa shape index (κ2) is 5.67. The molecule has 1 saturated heterocycles. The van der Waals surface area contributed by atoms with Gasteiger partial charge in [0, 0.05) is 24.1 Å². The molecule has 1 aliphatic rings. The Morgan fingerprint density at radius 1 is 1.25 bits per heavy atom. The molecule has 0 spiro atoms. The van der Waals surface area contributed by atoms with E-state index in [1.807, 2.05) is 19.1 Å². The summed E-state index contributed by atoms with van der Waals surface area (Å²) in [5.74, 6) is 0.755. The van der Waals surface area contributed by atoms with Crippen LogP contribution < -0.4 is 10.4 Å². The first-order valence-electron chi connectivity index (χ1n) is 7.12. The van der Waals surface area contributed by atoms with Gasteiger partial charge in [0.05, 0.1) is 0 Å². The molecule has 1 aliphatic heterocycles. The van der Waals surface area contributed by atoms with Gasteiger partial charge in [0.2, 0.25) is 0 Å². The van der Waals surface area contributed by atoms with Crippen molar-refractivity contribution in [2.24, 2.45) is 0 Å². The summed E-state index contributed by atoms with van der Waals surface area (Å²) in [5, 5.41) is 0.955. The Labute approximate surface area is 118 Å². The van der Waals surface area contributed by atoms with Crippen LogP contribution in [0.25, 0.3) is 11.0 Å². The van der Waals surface area contributed by atoms with Gasteiger partial charge in [-0.15, -0.1) is 0 Å². The SMILES string of the molecule is Cc1cc(=O)oc2cc(OCCN3CCCC3)ccc12. The molecular weight excluding hydrogens is 254 g/mol. The molecule has 0 saturated carbocycles. The lowest BCUT2D eigenvalue weighted by Crippen LogP contribution is -2.25. The first-order valence-corrected chi connectivity index (χ1v) is 7.12. The number of nitrogens with zero attached hydrogens (tertiary/aromatic N) is 1. The largest absolute Gasteiger partial charge is 0.492 e. The highest BCUT2D eigenvalue weighted by molar-refractivity contribution is 5.81. The highest BCUT2D eigenvalue weighted by atomic mass is 16.5. The molecule has 0 bridgehead atoms. The predicted molar refractivity (Wildman–Crippen MR) is 78.4 cm³/mol. The van der Waals surface area contributed by atoms with Crippen LogP contribution in [0.5, 0.6) is 5.75 Å². The zero-order chi connectivity index (χ0) is 13.9. The van der Waals surface area contributed by atoms with Gasteiger partial charge < -0.3 is 9.15 Å². The first-order chi connectivity index (χ1) is 9.72. The summed E-state index contributed by atoms with van der Waals surface area (Å²) in [6.07, 6.45) is 2.58. The van der Waals surface area contributed by atoms with Crippen molar-refractivity contribution in [3.05, 3.63) is 40.2 Å². The third-order valence-corrected chi connectivity index (χ3v) is 3.80. The van der Waals surface area contributed by atoms with Gasteiger partial charge in [-0.25, -0.2) is 4.79 Å². The highest BCUT2D eigenvalue weighted by Crippen LogP contribution is 2.22. The topological polar surface area (TPSA) is 42.7 Å². The molecule has 20 heavy (non-hydrogen) atoms. The van der Waals surface area contributed by atoms with Crippen LogP contribution in [-0.2, 0) is 0 Å². The number of likely N-dealkylation sites (tertiary alicyclic amines) is 1. The van der Waals surface area contributed by atoms with Crippen LogP contribution in [0.15, 0.2) is 33.5 Å². The molecule has 0 atom stereocenters. The summed E-state index contributed by atoms with van der Waals surface area (Å²) < 4.78 is 11.0. The van der Waals surface area contributed by atoms with Gasteiger partial charge in [0.25, 0.3) is 0 Å². The van der Waals surface area contributed by atoms with E-state index in [2.05, 4.69) is 4.90 Å². The number of rotatable bonds is 4. The lowest BCUT2D eigenvalue weighted by molar-refractivity contribution is 0.238. The number of benzene rings is 1. The molecule has 2 heterocycles. The summed E-state index contributed by atoms with van der Waals surface area (Å²) in [6, 6.07) is 7.18. The van der Waals surface area contributed by atoms with Gasteiger partial charge in [0.15, 0.2) is 0 Å². The fourth-order valence-corrected chi connectivity index (χ4v) is 2.69. The summed E-state index contributed by atoms with van der Waals surface area (Å²) in [6.45, 7) is 5.88. The molecule has 0 radical (unpaired) electrons. The van der Waals surface area contributed by atoms with E-state index in [0.717, 1.165) is 23.2 Å². The molecular formula is C16H19NO3. The molecule has 4 nitrogen and oxygen atoms in total. The Hall–Kier alpha value is -1.81. The van der Waals surface area contributed by atoms with E-state index >= 15 is 0 Å². The minimum atomic E-state index is -0.316. The summed E-state index contributed by atoms with van der Waals surface area (Å²) in [5.41, 5.74) is 1.21. The molecule has 0 unspecified atom stereocenters. The van der Waals surface area contributed by atoms with E-state index in [1.54, 1.807) is 6.07 Å². The maximum absolute atomic E-state index is 11.4. The fraction of sp³-hybridized carbons (Fsp3) is 0.438. The number of hydrogen-bond donors (Lipinski definition) is 0. The molecule has 4 heteroatoms. The van der Waals surface area contributed by atoms with Crippen molar-refractivity contribution >= 4 is 11.0 Å². The lowest BCUT2D eigenvalue weighted by Gasteiger charge is -2.15. The zero-order valence-electron chi connectivity index (χ0n) is 11.7. The number of fused-ring (bicyclic) bond motifs is 1. The van der Waals surface area contributed by atoms with E-state index in [0.29, 0.717) is 12.2 Å². The van der Waals surface area contributed by atoms with Gasteiger partial charge in [-0.2, -0.15) is 0 Å². The molecule has 2 aromatic rings. The van der Waals surface area contributed by atoms with Crippen molar-refractivity contribution in [1.82, 2.24) is 4.90 Å². The standard InChI is InChI=1S/C16H19NO3/c1-12-10-16(18)20-15-11-13(4-5-14(12)15)19-9-8-17-6-2-3-7-17/h4-5,10-11H,2-3,6-9H2,1H3. The van der Waals surface area contributed by atoms with Crippen LogP contribution in [-0.4, -0.2) is 31.1 Å². The van der Waals surface area contributed by atoms with Crippen molar-refractivity contribution in [2.75, 3.05) is 26.2 Å². The fourth-order valence-electron chi connectivity index (χ4n) is 2.69. The Morgan fingerprint density at radius 2 is 2.05 bits per heavy atom. The maximum atomic E-state index is 11.4. The third-order valence-electron chi connectivity index (χ3n) is 3.80. The van der Waals surface area contributed by atoms with E-state index < -0.39 is 0 Å². The third kappa shape index (κ3) is 2.85.